The summed E-state index contributed by atoms with van der Waals surface area (Å²) in [7, 11) is 1.83. The molecule has 0 aliphatic rings. The molecule has 8 heteroatoms. The van der Waals surface area contributed by atoms with Gasteiger partial charge in [-0.05, 0) is 42.0 Å². The number of para-hydroxylation sites is 1. The maximum absolute atomic E-state index is 13.1. The molecule has 3 aromatic carbocycles. The average molecular weight is 485 g/mol. The first-order valence-corrected chi connectivity index (χ1v) is 11.6. The van der Waals surface area contributed by atoms with Gasteiger partial charge in [-0.3, -0.25) is 9.59 Å². The van der Waals surface area contributed by atoms with Gasteiger partial charge >= 0.3 is 0 Å². The van der Waals surface area contributed by atoms with Gasteiger partial charge in [-0.25, -0.2) is 4.98 Å². The van der Waals surface area contributed by atoms with Gasteiger partial charge in [0.25, 0.3) is 0 Å². The first-order chi connectivity index (χ1) is 17.5. The van der Waals surface area contributed by atoms with Crippen LogP contribution in [0.1, 0.15) is 11.3 Å². The van der Waals surface area contributed by atoms with E-state index in [0.717, 1.165) is 11.3 Å². The summed E-state index contributed by atoms with van der Waals surface area (Å²) in [4.78, 5) is 29.9. The summed E-state index contributed by atoms with van der Waals surface area (Å²) in [6.45, 7) is 0.343. The number of aryl methyl sites for hydroxylation is 1. The molecule has 0 fully saturated rings. The molecule has 0 spiro atoms. The van der Waals surface area contributed by atoms with Crippen LogP contribution < -0.4 is 15.4 Å². The van der Waals surface area contributed by atoms with Crippen LogP contribution in [0.4, 0.5) is 5.69 Å². The van der Waals surface area contributed by atoms with Crippen molar-refractivity contribution in [1.82, 2.24) is 14.9 Å². The number of anilines is 1. The Morgan fingerprint density at radius 2 is 1.58 bits per heavy atom. The Balaban J connectivity index is 1.37. The Morgan fingerprint density at radius 1 is 0.917 bits per heavy atom. The Kier molecular flexibility index (Phi) is 8.45. The molecule has 0 radical (unpaired) electrons. The molecular formula is C28H28N4O4. The smallest absolute Gasteiger partial charge is 0.249 e. The van der Waals surface area contributed by atoms with E-state index in [4.69, 9.17) is 9.47 Å². The molecule has 4 aromatic rings. The fourth-order valence-corrected chi connectivity index (χ4v) is 3.48. The molecule has 1 unspecified atom stereocenters. The zero-order valence-corrected chi connectivity index (χ0v) is 20.0. The van der Waals surface area contributed by atoms with E-state index < -0.39 is 6.04 Å². The third kappa shape index (κ3) is 7.54. The number of amides is 2. The van der Waals surface area contributed by atoms with E-state index in [2.05, 4.69) is 15.6 Å². The maximum atomic E-state index is 13.1. The minimum absolute atomic E-state index is 0.0177. The first-order valence-electron chi connectivity index (χ1n) is 11.6. The van der Waals surface area contributed by atoms with Gasteiger partial charge in [0.2, 0.25) is 11.8 Å². The van der Waals surface area contributed by atoms with Crippen LogP contribution in [0.5, 0.6) is 11.5 Å². The molecule has 0 aliphatic heterocycles. The molecule has 0 saturated carbocycles. The van der Waals surface area contributed by atoms with E-state index in [-0.39, 0.29) is 24.8 Å². The Bertz CT molecular complexity index is 1260. The highest BCUT2D eigenvalue weighted by Gasteiger charge is 2.22. The van der Waals surface area contributed by atoms with Gasteiger partial charge in [-0.2, -0.15) is 0 Å². The van der Waals surface area contributed by atoms with Gasteiger partial charge in [0.15, 0.2) is 0 Å². The van der Waals surface area contributed by atoms with Crippen molar-refractivity contribution in [2.45, 2.75) is 19.1 Å². The van der Waals surface area contributed by atoms with Crippen molar-refractivity contribution >= 4 is 17.5 Å². The quantitative estimate of drug-likeness (QED) is 0.334. The second-order valence-electron chi connectivity index (χ2n) is 8.26. The third-order valence-corrected chi connectivity index (χ3v) is 5.25. The van der Waals surface area contributed by atoms with Crippen LogP contribution in [0, 0.1) is 0 Å². The van der Waals surface area contributed by atoms with Crippen LogP contribution in [0.3, 0.4) is 0 Å². The minimum Gasteiger partial charge on any atom is -0.457 e. The Morgan fingerprint density at radius 3 is 2.25 bits per heavy atom. The predicted octanol–water partition coefficient (Wildman–Crippen LogP) is 4.10. The number of carbonyl (C=O) groups is 2. The highest BCUT2D eigenvalue weighted by atomic mass is 16.5. The number of hydrogen-bond donors (Lipinski definition) is 2. The molecule has 1 atom stereocenters. The number of ether oxygens (including phenoxy) is 2. The summed E-state index contributed by atoms with van der Waals surface area (Å²) in [6.07, 6.45) is 3.45. The fraction of sp³-hybridized carbons (Fsp3) is 0.179. The van der Waals surface area contributed by atoms with Crippen molar-refractivity contribution in [3.63, 3.8) is 0 Å². The summed E-state index contributed by atoms with van der Waals surface area (Å²) in [5.41, 5.74) is 2.17. The lowest BCUT2D eigenvalue weighted by molar-refractivity contribution is -0.127. The SMILES string of the molecule is Cn1cnc(CC(=O)NC(COCc2ccccc2)C(=O)Nc2ccc(Oc3ccccc3)cc2)c1. The van der Waals surface area contributed by atoms with Gasteiger partial charge in [-0.15, -0.1) is 0 Å². The summed E-state index contributed by atoms with van der Waals surface area (Å²) >= 11 is 0. The Hall–Kier alpha value is -4.43. The second kappa shape index (κ2) is 12.3. The predicted molar refractivity (Wildman–Crippen MR) is 137 cm³/mol. The van der Waals surface area contributed by atoms with Gasteiger partial charge in [0.05, 0.1) is 31.7 Å². The van der Waals surface area contributed by atoms with E-state index >= 15 is 0 Å². The first kappa shape index (κ1) is 24.7. The minimum atomic E-state index is -0.884. The summed E-state index contributed by atoms with van der Waals surface area (Å²) in [5, 5.41) is 5.62. The van der Waals surface area contributed by atoms with Crippen molar-refractivity contribution in [3.8, 4) is 11.5 Å². The van der Waals surface area contributed by atoms with Gasteiger partial charge in [-0.1, -0.05) is 48.5 Å². The van der Waals surface area contributed by atoms with Crippen LogP contribution in [0.2, 0.25) is 0 Å². The zero-order valence-electron chi connectivity index (χ0n) is 20.0. The van der Waals surface area contributed by atoms with Crippen LogP contribution in [0.15, 0.2) is 97.5 Å². The number of nitrogens with one attached hydrogen (secondary N) is 2. The molecule has 1 aromatic heterocycles. The van der Waals surface area contributed by atoms with Crippen molar-refractivity contribution in [1.29, 1.82) is 0 Å². The second-order valence-corrected chi connectivity index (χ2v) is 8.26. The standard InChI is InChI=1S/C28H28N4O4/c1-32-17-23(29-20-32)16-27(33)31-26(19-35-18-21-8-4-2-5-9-21)28(34)30-22-12-14-25(15-13-22)36-24-10-6-3-7-11-24/h2-15,17,20,26H,16,18-19H2,1H3,(H,30,34)(H,31,33). The van der Waals surface area contributed by atoms with E-state index in [9.17, 15) is 9.59 Å². The number of aromatic nitrogens is 2. The van der Waals surface area contributed by atoms with Crippen molar-refractivity contribution in [2.75, 3.05) is 11.9 Å². The zero-order chi connectivity index (χ0) is 25.2. The molecule has 2 N–H and O–H groups in total. The molecular weight excluding hydrogens is 456 g/mol. The molecule has 2 amide bonds. The number of benzene rings is 3. The topological polar surface area (TPSA) is 94.5 Å². The lowest BCUT2D eigenvalue weighted by atomic mass is 10.2. The number of rotatable bonds is 11. The van der Waals surface area contributed by atoms with E-state index in [0.29, 0.717) is 23.7 Å². The lowest BCUT2D eigenvalue weighted by Crippen LogP contribution is -2.47. The summed E-state index contributed by atoms with van der Waals surface area (Å²) in [6, 6.07) is 25.2. The molecule has 1 heterocycles. The van der Waals surface area contributed by atoms with Crippen LogP contribution >= 0.6 is 0 Å². The fourth-order valence-electron chi connectivity index (χ4n) is 3.48. The van der Waals surface area contributed by atoms with Crippen LogP contribution in [0.25, 0.3) is 0 Å². The molecule has 184 valence electrons. The van der Waals surface area contributed by atoms with Crippen molar-refractivity contribution in [3.05, 3.63) is 109 Å². The number of carbonyl (C=O) groups excluding carboxylic acids is 2. The summed E-state index contributed by atoms with van der Waals surface area (Å²) < 4.78 is 13.3. The molecule has 0 saturated heterocycles. The van der Waals surface area contributed by atoms with Crippen molar-refractivity contribution < 1.29 is 19.1 Å². The lowest BCUT2D eigenvalue weighted by Gasteiger charge is -2.19. The van der Waals surface area contributed by atoms with Crippen LogP contribution in [-0.4, -0.2) is 34.0 Å². The molecule has 0 aliphatic carbocycles. The van der Waals surface area contributed by atoms with E-state index in [1.165, 1.54) is 0 Å². The monoisotopic (exact) mass is 484 g/mol. The molecule has 4 rings (SSSR count). The average Bonchev–Trinajstić information content (AvgIpc) is 3.30. The number of hydrogen-bond acceptors (Lipinski definition) is 5. The largest absolute Gasteiger partial charge is 0.457 e. The molecule has 36 heavy (non-hydrogen) atoms. The molecule has 8 nitrogen and oxygen atoms in total. The maximum Gasteiger partial charge on any atom is 0.249 e. The normalized spacial score (nSPS) is 11.5. The molecule has 0 bridgehead atoms. The van der Waals surface area contributed by atoms with Gasteiger partial charge < -0.3 is 24.7 Å². The van der Waals surface area contributed by atoms with Crippen molar-refractivity contribution in [2.24, 2.45) is 7.05 Å². The van der Waals surface area contributed by atoms with Gasteiger partial charge in [0.1, 0.15) is 17.5 Å². The highest BCUT2D eigenvalue weighted by molar-refractivity contribution is 5.97. The summed E-state index contributed by atoms with van der Waals surface area (Å²) in [5.74, 6) is 0.670. The van der Waals surface area contributed by atoms with E-state index in [1.807, 2.05) is 67.7 Å². The van der Waals surface area contributed by atoms with E-state index in [1.54, 1.807) is 41.4 Å². The Labute approximate surface area is 209 Å². The van der Waals surface area contributed by atoms with Gasteiger partial charge in [0, 0.05) is 18.9 Å². The highest BCUT2D eigenvalue weighted by Crippen LogP contribution is 2.22. The number of nitrogens with zero attached hydrogens (tertiary/aromatic N) is 2. The van der Waals surface area contributed by atoms with Crippen LogP contribution in [-0.2, 0) is 34.4 Å². The number of imidazole rings is 1. The third-order valence-electron chi connectivity index (χ3n) is 5.25.